The van der Waals surface area contributed by atoms with Gasteiger partial charge in [-0.1, -0.05) is 0 Å². The Morgan fingerprint density at radius 1 is 1.31 bits per heavy atom. The van der Waals surface area contributed by atoms with Gasteiger partial charge >= 0.3 is 5.97 Å². The fourth-order valence-corrected chi connectivity index (χ4v) is 2.78. The van der Waals surface area contributed by atoms with Crippen molar-refractivity contribution in [3.05, 3.63) is 52.0 Å². The monoisotopic (exact) mass is 419 g/mol. The molecule has 0 saturated heterocycles. The summed E-state index contributed by atoms with van der Waals surface area (Å²) in [4.78, 5) is 31.5. The molecule has 26 heavy (non-hydrogen) atoms. The summed E-state index contributed by atoms with van der Waals surface area (Å²) < 4.78 is 17.8. The highest BCUT2D eigenvalue weighted by Gasteiger charge is 2.14. The van der Waals surface area contributed by atoms with Crippen LogP contribution >= 0.6 is 15.9 Å². The van der Waals surface area contributed by atoms with E-state index in [1.54, 1.807) is 22.9 Å². The van der Waals surface area contributed by atoms with Gasteiger partial charge in [0.1, 0.15) is 22.6 Å². The van der Waals surface area contributed by atoms with Gasteiger partial charge in [-0.15, -0.1) is 0 Å². The van der Waals surface area contributed by atoms with Crippen LogP contribution in [0.4, 0.5) is 0 Å². The number of aldehydes is 1. The summed E-state index contributed by atoms with van der Waals surface area (Å²) in [6.07, 6.45) is 5.41. The second-order valence-electron chi connectivity index (χ2n) is 5.21. The maximum Gasteiger partial charge on any atom is 0.339 e. The van der Waals surface area contributed by atoms with E-state index in [1.165, 1.54) is 26.5 Å². The standard InChI is InChI=1S/C17H14BrN3O5/c1-24-15-4-11(8-22)13(5-19-15)26-9-12-3-10(17(23)25-2)6-21-7-14(18)20-16(12)21/h3-8H,9H2,1-2H3. The minimum atomic E-state index is -0.474. The minimum absolute atomic E-state index is 0.0760. The van der Waals surface area contributed by atoms with Gasteiger partial charge in [-0.3, -0.25) is 4.79 Å². The molecule has 134 valence electrons. The van der Waals surface area contributed by atoms with Crippen molar-refractivity contribution in [3.8, 4) is 11.6 Å². The summed E-state index contributed by atoms with van der Waals surface area (Å²) in [6.45, 7) is 0.0760. The van der Waals surface area contributed by atoms with Crippen LogP contribution in [0.3, 0.4) is 0 Å². The van der Waals surface area contributed by atoms with Gasteiger partial charge < -0.3 is 18.6 Å². The number of halogens is 1. The Bertz CT molecular complexity index is 986. The number of carbonyl (C=O) groups is 2. The summed E-state index contributed by atoms with van der Waals surface area (Å²) in [5, 5.41) is 0. The van der Waals surface area contributed by atoms with Crippen LogP contribution < -0.4 is 9.47 Å². The van der Waals surface area contributed by atoms with Crippen LogP contribution in [0, 0.1) is 0 Å². The molecule has 0 fully saturated rings. The van der Waals surface area contributed by atoms with Crippen molar-refractivity contribution in [3.63, 3.8) is 0 Å². The summed E-state index contributed by atoms with van der Waals surface area (Å²) >= 11 is 3.31. The van der Waals surface area contributed by atoms with Crippen molar-refractivity contribution < 1.29 is 23.8 Å². The first-order valence-corrected chi connectivity index (χ1v) is 8.22. The molecule has 0 amide bonds. The van der Waals surface area contributed by atoms with Crippen LogP contribution in [0.5, 0.6) is 11.6 Å². The number of hydrogen-bond donors (Lipinski definition) is 0. The molecule has 0 N–H and O–H groups in total. The SMILES string of the molecule is COC(=O)c1cc(COc2cnc(OC)cc2C=O)c2nc(Br)cn2c1. The maximum absolute atomic E-state index is 11.9. The van der Waals surface area contributed by atoms with E-state index in [0.717, 1.165) is 0 Å². The number of fused-ring (bicyclic) bond motifs is 1. The van der Waals surface area contributed by atoms with E-state index < -0.39 is 5.97 Å². The van der Waals surface area contributed by atoms with Crippen molar-refractivity contribution in [2.45, 2.75) is 6.61 Å². The lowest BCUT2D eigenvalue weighted by molar-refractivity contribution is 0.0600. The van der Waals surface area contributed by atoms with E-state index in [2.05, 4.69) is 25.9 Å². The van der Waals surface area contributed by atoms with Crippen LogP contribution in [0.2, 0.25) is 0 Å². The smallest absolute Gasteiger partial charge is 0.339 e. The molecule has 3 heterocycles. The first-order chi connectivity index (χ1) is 12.5. The van der Waals surface area contributed by atoms with Crippen LogP contribution in [0.15, 0.2) is 35.3 Å². The van der Waals surface area contributed by atoms with Crippen LogP contribution in [0.25, 0.3) is 5.65 Å². The molecule has 3 aromatic heterocycles. The number of imidazole rings is 1. The highest BCUT2D eigenvalue weighted by atomic mass is 79.9. The molecule has 3 rings (SSSR count). The summed E-state index contributed by atoms with van der Waals surface area (Å²) in [5.41, 5.74) is 1.92. The Balaban J connectivity index is 1.95. The lowest BCUT2D eigenvalue weighted by Crippen LogP contribution is -2.07. The molecule has 0 bridgehead atoms. The number of methoxy groups -OCH3 is 2. The second-order valence-corrected chi connectivity index (χ2v) is 6.02. The Morgan fingerprint density at radius 3 is 2.81 bits per heavy atom. The van der Waals surface area contributed by atoms with Gasteiger partial charge in [0.15, 0.2) is 6.29 Å². The highest BCUT2D eigenvalue weighted by Crippen LogP contribution is 2.23. The Labute approximate surface area is 156 Å². The number of rotatable bonds is 6. The average Bonchev–Trinajstić information content (AvgIpc) is 3.05. The third-order valence-electron chi connectivity index (χ3n) is 3.61. The Kier molecular flexibility index (Phi) is 5.17. The van der Waals surface area contributed by atoms with Crippen LogP contribution in [0.1, 0.15) is 26.3 Å². The predicted molar refractivity (Wildman–Crippen MR) is 94.7 cm³/mol. The molecule has 0 aliphatic carbocycles. The predicted octanol–water partition coefficient (Wildman–Crippen LogP) is 2.68. The fraction of sp³-hybridized carbons (Fsp3) is 0.176. The highest BCUT2D eigenvalue weighted by molar-refractivity contribution is 9.10. The number of pyridine rings is 2. The summed E-state index contributed by atoms with van der Waals surface area (Å²) in [7, 11) is 2.77. The average molecular weight is 420 g/mol. The Hall–Kier alpha value is -2.94. The van der Waals surface area contributed by atoms with E-state index in [-0.39, 0.29) is 6.61 Å². The molecule has 0 aliphatic rings. The number of nitrogens with zero attached hydrogens (tertiary/aromatic N) is 3. The topological polar surface area (TPSA) is 92.0 Å². The van der Waals surface area contributed by atoms with E-state index in [4.69, 9.17) is 14.2 Å². The number of esters is 1. The van der Waals surface area contributed by atoms with E-state index >= 15 is 0 Å². The maximum atomic E-state index is 11.9. The fourth-order valence-electron chi connectivity index (χ4n) is 2.39. The molecule has 3 aromatic rings. The normalized spacial score (nSPS) is 10.6. The summed E-state index contributed by atoms with van der Waals surface area (Å²) in [6, 6.07) is 3.12. The van der Waals surface area contributed by atoms with Crippen molar-refractivity contribution in [1.29, 1.82) is 0 Å². The molecule has 0 atom stereocenters. The van der Waals surface area contributed by atoms with Gasteiger partial charge in [0.2, 0.25) is 5.88 Å². The second kappa shape index (κ2) is 7.52. The zero-order chi connectivity index (χ0) is 18.7. The molecule has 9 heteroatoms. The zero-order valence-corrected chi connectivity index (χ0v) is 15.5. The lowest BCUT2D eigenvalue weighted by atomic mass is 10.2. The van der Waals surface area contributed by atoms with Gasteiger partial charge in [-0.25, -0.2) is 14.8 Å². The van der Waals surface area contributed by atoms with E-state index in [9.17, 15) is 9.59 Å². The molecule has 0 aromatic carbocycles. The first kappa shape index (κ1) is 17.9. The number of carbonyl (C=O) groups excluding carboxylic acids is 2. The number of aromatic nitrogens is 3. The summed E-state index contributed by atoms with van der Waals surface area (Å²) in [5.74, 6) is 0.137. The van der Waals surface area contributed by atoms with Gasteiger partial charge in [-0.05, 0) is 22.0 Å². The number of hydrogen-bond acceptors (Lipinski definition) is 7. The van der Waals surface area contributed by atoms with Crippen molar-refractivity contribution in [2.24, 2.45) is 0 Å². The van der Waals surface area contributed by atoms with Crippen molar-refractivity contribution >= 4 is 33.8 Å². The zero-order valence-electron chi connectivity index (χ0n) is 13.9. The van der Waals surface area contributed by atoms with E-state index in [1.807, 2.05) is 0 Å². The molecule has 0 radical (unpaired) electrons. The van der Waals surface area contributed by atoms with Gasteiger partial charge in [0.05, 0.1) is 31.5 Å². The molecule has 8 nitrogen and oxygen atoms in total. The van der Waals surface area contributed by atoms with Crippen LogP contribution in [-0.4, -0.2) is 40.8 Å². The largest absolute Gasteiger partial charge is 0.486 e. The van der Waals surface area contributed by atoms with Gasteiger partial charge in [0.25, 0.3) is 0 Å². The van der Waals surface area contributed by atoms with Gasteiger partial charge in [0, 0.05) is 24.0 Å². The van der Waals surface area contributed by atoms with Crippen molar-refractivity contribution in [1.82, 2.24) is 14.4 Å². The molecule has 0 aliphatic heterocycles. The molecule has 0 unspecified atom stereocenters. The number of ether oxygens (including phenoxy) is 3. The third kappa shape index (κ3) is 3.52. The lowest BCUT2D eigenvalue weighted by Gasteiger charge is -2.11. The van der Waals surface area contributed by atoms with Gasteiger partial charge in [-0.2, -0.15) is 0 Å². The molecule has 0 spiro atoms. The van der Waals surface area contributed by atoms with Crippen LogP contribution in [-0.2, 0) is 11.3 Å². The Morgan fingerprint density at radius 2 is 2.12 bits per heavy atom. The molecule has 0 saturated carbocycles. The molecular weight excluding hydrogens is 406 g/mol. The van der Waals surface area contributed by atoms with Crippen molar-refractivity contribution in [2.75, 3.05) is 14.2 Å². The quantitative estimate of drug-likeness (QED) is 0.447. The molecular formula is C17H14BrN3O5. The minimum Gasteiger partial charge on any atom is -0.486 e. The first-order valence-electron chi connectivity index (χ1n) is 7.43. The van der Waals surface area contributed by atoms with E-state index in [0.29, 0.717) is 44.9 Å². The third-order valence-corrected chi connectivity index (χ3v) is 3.99.